The van der Waals surface area contributed by atoms with Crippen molar-refractivity contribution in [2.24, 2.45) is 0 Å². The summed E-state index contributed by atoms with van der Waals surface area (Å²) in [6.07, 6.45) is -1.48. The molecule has 0 spiro atoms. The molecule has 3 heterocycles. The van der Waals surface area contributed by atoms with Gasteiger partial charge < -0.3 is 20.7 Å². The van der Waals surface area contributed by atoms with Gasteiger partial charge in [0.15, 0.2) is 11.5 Å². The second-order valence-corrected chi connectivity index (χ2v) is 5.43. The number of nitrogens with one attached hydrogen (secondary N) is 1. The molecule has 0 aliphatic carbocycles. The summed E-state index contributed by atoms with van der Waals surface area (Å²) in [6, 6.07) is 0. The second-order valence-electron chi connectivity index (χ2n) is 4.35. The van der Waals surface area contributed by atoms with Crippen LogP contribution in [0.5, 0.6) is 0 Å². The van der Waals surface area contributed by atoms with Crippen LogP contribution in [0.2, 0.25) is 0 Å². The Hall–Kier alpha value is -1.04. The lowest BCUT2D eigenvalue weighted by molar-refractivity contribution is -0.0246. The van der Waals surface area contributed by atoms with Gasteiger partial charge in [-0.2, -0.15) is 5.10 Å². The standard InChI is InChI=1S/C10H12IN5O3/c11-7-6-8(12)13-9(14-10(6)16-15-7)4-1-3(18)5(2-17)19-4/h3-5,17-18H,1-2H2,(H3,12,13,14,15,16). The van der Waals surface area contributed by atoms with E-state index in [1.54, 1.807) is 0 Å². The number of H-pyrrole nitrogens is 1. The van der Waals surface area contributed by atoms with Gasteiger partial charge in [0, 0.05) is 6.42 Å². The summed E-state index contributed by atoms with van der Waals surface area (Å²) in [4.78, 5) is 8.49. The van der Waals surface area contributed by atoms with Crippen molar-refractivity contribution in [1.82, 2.24) is 20.2 Å². The van der Waals surface area contributed by atoms with E-state index < -0.39 is 18.3 Å². The number of aliphatic hydroxyl groups excluding tert-OH is 2. The van der Waals surface area contributed by atoms with E-state index in [1.165, 1.54) is 0 Å². The van der Waals surface area contributed by atoms with Gasteiger partial charge >= 0.3 is 0 Å². The van der Waals surface area contributed by atoms with Crippen molar-refractivity contribution in [2.45, 2.75) is 24.7 Å². The van der Waals surface area contributed by atoms with Crippen molar-refractivity contribution in [1.29, 1.82) is 0 Å². The number of aromatic amines is 1. The molecule has 3 atom stereocenters. The van der Waals surface area contributed by atoms with E-state index >= 15 is 0 Å². The van der Waals surface area contributed by atoms with Gasteiger partial charge in [-0.3, -0.25) is 5.10 Å². The number of hydrogen-bond donors (Lipinski definition) is 4. The largest absolute Gasteiger partial charge is 0.394 e. The molecular formula is C10H12IN5O3. The van der Waals surface area contributed by atoms with Crippen LogP contribution in [0.25, 0.3) is 11.0 Å². The van der Waals surface area contributed by atoms with Gasteiger partial charge in [0.2, 0.25) is 0 Å². The monoisotopic (exact) mass is 377 g/mol. The molecule has 0 bridgehead atoms. The number of aliphatic hydroxyl groups is 2. The maximum absolute atomic E-state index is 9.71. The van der Waals surface area contributed by atoms with E-state index in [0.29, 0.717) is 29.1 Å². The molecule has 1 aliphatic heterocycles. The number of anilines is 1. The number of rotatable bonds is 2. The van der Waals surface area contributed by atoms with E-state index in [4.69, 9.17) is 15.6 Å². The fourth-order valence-corrected chi connectivity index (χ4v) is 2.77. The zero-order valence-electron chi connectivity index (χ0n) is 9.75. The van der Waals surface area contributed by atoms with Crippen LogP contribution < -0.4 is 5.73 Å². The van der Waals surface area contributed by atoms with Crippen LogP contribution in [0.1, 0.15) is 18.3 Å². The molecule has 3 rings (SSSR count). The smallest absolute Gasteiger partial charge is 0.187 e. The molecule has 0 aromatic carbocycles. The average molecular weight is 377 g/mol. The van der Waals surface area contributed by atoms with Crippen LogP contribution in [0.4, 0.5) is 5.82 Å². The maximum atomic E-state index is 9.71. The minimum Gasteiger partial charge on any atom is -0.394 e. The van der Waals surface area contributed by atoms with Crippen molar-refractivity contribution in [3.63, 3.8) is 0 Å². The summed E-state index contributed by atoms with van der Waals surface area (Å²) in [6.45, 7) is -0.240. The van der Waals surface area contributed by atoms with Crippen molar-refractivity contribution in [3.05, 3.63) is 9.53 Å². The van der Waals surface area contributed by atoms with Crippen molar-refractivity contribution < 1.29 is 14.9 Å². The molecule has 1 saturated heterocycles. The molecule has 1 aliphatic rings. The lowest BCUT2D eigenvalue weighted by Crippen LogP contribution is -2.24. The van der Waals surface area contributed by atoms with Crippen LogP contribution in [0.15, 0.2) is 0 Å². The van der Waals surface area contributed by atoms with Crippen molar-refractivity contribution in [3.8, 4) is 0 Å². The predicted molar refractivity (Wildman–Crippen MR) is 74.1 cm³/mol. The first-order chi connectivity index (χ1) is 9.10. The molecule has 102 valence electrons. The van der Waals surface area contributed by atoms with Gasteiger partial charge in [0.25, 0.3) is 0 Å². The highest BCUT2D eigenvalue weighted by molar-refractivity contribution is 14.1. The number of nitrogen functional groups attached to an aromatic ring is 1. The summed E-state index contributed by atoms with van der Waals surface area (Å²) in [5.74, 6) is 0.701. The molecule has 1 fully saturated rings. The first-order valence-corrected chi connectivity index (χ1v) is 6.79. The third kappa shape index (κ3) is 2.16. The zero-order chi connectivity index (χ0) is 13.6. The highest BCUT2D eigenvalue weighted by Gasteiger charge is 2.36. The van der Waals surface area contributed by atoms with Crippen LogP contribution in [-0.2, 0) is 4.74 Å². The third-order valence-corrected chi connectivity index (χ3v) is 3.89. The number of nitrogens with zero attached hydrogens (tertiary/aromatic N) is 3. The topological polar surface area (TPSA) is 130 Å². The molecule has 19 heavy (non-hydrogen) atoms. The Balaban J connectivity index is 1.98. The van der Waals surface area contributed by atoms with Gasteiger partial charge in [-0.25, -0.2) is 9.97 Å². The molecule has 2 aromatic rings. The maximum Gasteiger partial charge on any atom is 0.187 e. The van der Waals surface area contributed by atoms with E-state index in [9.17, 15) is 5.11 Å². The molecule has 0 saturated carbocycles. The van der Waals surface area contributed by atoms with Gasteiger partial charge in [-0.15, -0.1) is 0 Å². The lowest BCUT2D eigenvalue weighted by Gasteiger charge is -2.11. The SMILES string of the molecule is Nc1nc(C2CC(O)C(CO)O2)nc2n[nH]c(I)c12. The molecule has 9 heteroatoms. The Morgan fingerprint density at radius 2 is 2.26 bits per heavy atom. The summed E-state index contributed by atoms with van der Waals surface area (Å²) in [5.41, 5.74) is 6.36. The highest BCUT2D eigenvalue weighted by atomic mass is 127. The van der Waals surface area contributed by atoms with Crippen LogP contribution >= 0.6 is 22.6 Å². The van der Waals surface area contributed by atoms with Gasteiger partial charge in [-0.05, 0) is 22.6 Å². The number of nitrogens with two attached hydrogens (primary N) is 1. The highest BCUT2D eigenvalue weighted by Crippen LogP contribution is 2.32. The minimum absolute atomic E-state index is 0.240. The molecule has 3 unspecified atom stereocenters. The van der Waals surface area contributed by atoms with Gasteiger partial charge in [-0.1, -0.05) is 0 Å². The average Bonchev–Trinajstić information content (AvgIpc) is 2.93. The predicted octanol–water partition coefficient (Wildman–Crippen LogP) is -0.277. The Kier molecular flexibility index (Phi) is 3.28. The Morgan fingerprint density at radius 1 is 1.47 bits per heavy atom. The molecule has 0 radical (unpaired) electrons. The van der Waals surface area contributed by atoms with Gasteiger partial charge in [0.1, 0.15) is 21.7 Å². The number of fused-ring (bicyclic) bond motifs is 1. The summed E-state index contributed by atoms with van der Waals surface area (Å²) in [5, 5.41) is 26.3. The van der Waals surface area contributed by atoms with Crippen LogP contribution in [0.3, 0.4) is 0 Å². The Bertz CT molecular complexity index is 618. The second kappa shape index (κ2) is 4.81. The summed E-state index contributed by atoms with van der Waals surface area (Å²) in [7, 11) is 0. The molecule has 0 amide bonds. The lowest BCUT2D eigenvalue weighted by atomic mass is 10.1. The first kappa shape index (κ1) is 13.0. The number of ether oxygens (including phenoxy) is 1. The molecular weight excluding hydrogens is 365 g/mol. The fraction of sp³-hybridized carbons (Fsp3) is 0.500. The zero-order valence-corrected chi connectivity index (χ0v) is 11.9. The van der Waals surface area contributed by atoms with E-state index in [0.717, 1.165) is 3.70 Å². The minimum atomic E-state index is -0.727. The summed E-state index contributed by atoms with van der Waals surface area (Å²) >= 11 is 2.07. The quantitative estimate of drug-likeness (QED) is 0.530. The number of aromatic nitrogens is 4. The van der Waals surface area contributed by atoms with E-state index in [-0.39, 0.29) is 6.61 Å². The molecule has 8 nitrogen and oxygen atoms in total. The van der Waals surface area contributed by atoms with E-state index in [2.05, 4.69) is 42.8 Å². The number of hydrogen-bond acceptors (Lipinski definition) is 7. The first-order valence-electron chi connectivity index (χ1n) is 5.71. The van der Waals surface area contributed by atoms with E-state index in [1.807, 2.05) is 0 Å². The van der Waals surface area contributed by atoms with Crippen LogP contribution in [0, 0.1) is 3.70 Å². The molecule has 2 aromatic heterocycles. The Morgan fingerprint density at radius 3 is 2.95 bits per heavy atom. The summed E-state index contributed by atoms with van der Waals surface area (Å²) < 4.78 is 6.27. The normalized spacial score (nSPS) is 27.2. The van der Waals surface area contributed by atoms with Gasteiger partial charge in [0.05, 0.1) is 18.1 Å². The molecule has 5 N–H and O–H groups in total. The third-order valence-electron chi connectivity index (χ3n) is 3.11. The van der Waals surface area contributed by atoms with Crippen molar-refractivity contribution >= 4 is 39.4 Å². The number of halogens is 1. The van der Waals surface area contributed by atoms with Crippen LogP contribution in [-0.4, -0.2) is 49.2 Å². The van der Waals surface area contributed by atoms with Crippen molar-refractivity contribution in [2.75, 3.05) is 12.3 Å². The fourth-order valence-electron chi connectivity index (χ4n) is 2.14. The Labute approximate surface area is 121 Å².